The van der Waals surface area contributed by atoms with Crippen molar-refractivity contribution in [3.8, 4) is 5.75 Å². The Kier molecular flexibility index (Phi) is 5.54. The molecule has 160 valence electrons. The van der Waals surface area contributed by atoms with Crippen LogP contribution in [0.15, 0.2) is 35.7 Å². The van der Waals surface area contributed by atoms with Crippen molar-refractivity contribution in [2.24, 2.45) is 5.92 Å². The van der Waals surface area contributed by atoms with Gasteiger partial charge in [0.05, 0.1) is 18.2 Å². The summed E-state index contributed by atoms with van der Waals surface area (Å²) in [5, 5.41) is 13.6. The number of ether oxygens (including phenoxy) is 1. The number of nitrogens with zero attached hydrogens (tertiary/aromatic N) is 4. The van der Waals surface area contributed by atoms with Crippen LogP contribution < -0.4 is 10.1 Å². The number of aryl methyl sites for hydroxylation is 1. The minimum absolute atomic E-state index is 0.0477. The van der Waals surface area contributed by atoms with E-state index in [9.17, 15) is 4.79 Å². The quantitative estimate of drug-likeness (QED) is 0.446. The molecule has 0 spiro atoms. The summed E-state index contributed by atoms with van der Waals surface area (Å²) in [5.74, 6) is 1.74. The number of hydrogen-bond donors (Lipinski definition) is 1. The van der Waals surface area contributed by atoms with Gasteiger partial charge < -0.3 is 10.1 Å². The number of thioether (sulfide) groups is 1. The van der Waals surface area contributed by atoms with E-state index in [0.29, 0.717) is 11.7 Å². The molecule has 0 unspecified atom stereocenters. The average molecular weight is 454 g/mol. The zero-order chi connectivity index (χ0) is 21.4. The van der Waals surface area contributed by atoms with Crippen LogP contribution in [0.2, 0.25) is 0 Å². The lowest BCUT2D eigenvalue weighted by Crippen LogP contribution is -2.24. The highest BCUT2D eigenvalue weighted by Gasteiger charge is 2.24. The normalized spacial score (nSPS) is 15.9. The van der Waals surface area contributed by atoms with Gasteiger partial charge in [-0.3, -0.25) is 9.20 Å². The monoisotopic (exact) mass is 453 g/mol. The molecule has 0 radical (unpaired) electrons. The lowest BCUT2D eigenvalue weighted by Gasteiger charge is -2.17. The first-order valence-corrected chi connectivity index (χ1v) is 12.1. The molecule has 1 aromatic carbocycles. The van der Waals surface area contributed by atoms with Gasteiger partial charge in [-0.1, -0.05) is 30.8 Å². The Morgan fingerprint density at radius 1 is 1.32 bits per heavy atom. The number of aromatic nitrogens is 4. The van der Waals surface area contributed by atoms with Gasteiger partial charge in [-0.15, -0.1) is 21.5 Å². The largest absolute Gasteiger partial charge is 0.497 e. The first-order chi connectivity index (χ1) is 15.1. The van der Waals surface area contributed by atoms with Crippen LogP contribution in [0.25, 0.3) is 15.9 Å². The lowest BCUT2D eigenvalue weighted by atomic mass is 9.89. The molecule has 3 aromatic heterocycles. The zero-order valence-corrected chi connectivity index (χ0v) is 19.1. The number of benzene rings is 1. The van der Waals surface area contributed by atoms with Crippen molar-refractivity contribution in [2.75, 3.05) is 12.9 Å². The molecular weight excluding hydrogens is 430 g/mol. The Balaban J connectivity index is 1.28. The molecule has 4 aromatic rings. The molecule has 5 rings (SSSR count). The molecule has 9 heteroatoms. The van der Waals surface area contributed by atoms with Crippen molar-refractivity contribution >= 4 is 44.9 Å². The SMILES string of the molecule is COc1ccc(CNC(=O)CSc2nnc3c4c5c(sc4ncn23)C[C@H](C)CC5)cc1. The summed E-state index contributed by atoms with van der Waals surface area (Å²) in [6.45, 7) is 2.79. The van der Waals surface area contributed by atoms with Crippen LogP contribution >= 0.6 is 23.1 Å². The van der Waals surface area contributed by atoms with Gasteiger partial charge in [-0.2, -0.15) is 0 Å². The Morgan fingerprint density at radius 2 is 2.16 bits per heavy atom. The maximum Gasteiger partial charge on any atom is 0.230 e. The van der Waals surface area contributed by atoms with E-state index in [4.69, 9.17) is 4.74 Å². The van der Waals surface area contributed by atoms with Gasteiger partial charge in [0.2, 0.25) is 5.91 Å². The summed E-state index contributed by atoms with van der Waals surface area (Å²) in [5.41, 5.74) is 3.26. The van der Waals surface area contributed by atoms with Crippen LogP contribution in [0, 0.1) is 5.92 Å². The second-order valence-electron chi connectivity index (χ2n) is 7.87. The molecule has 0 saturated heterocycles. The zero-order valence-electron chi connectivity index (χ0n) is 17.4. The summed E-state index contributed by atoms with van der Waals surface area (Å²) in [4.78, 5) is 19.5. The molecule has 1 aliphatic rings. The van der Waals surface area contributed by atoms with Gasteiger partial charge in [0, 0.05) is 11.4 Å². The molecule has 0 bridgehead atoms. The highest BCUT2D eigenvalue weighted by Crippen LogP contribution is 2.39. The second-order valence-corrected chi connectivity index (χ2v) is 9.89. The van der Waals surface area contributed by atoms with Crippen LogP contribution in [0.3, 0.4) is 0 Å². The van der Waals surface area contributed by atoms with E-state index in [-0.39, 0.29) is 11.7 Å². The van der Waals surface area contributed by atoms with Crippen molar-refractivity contribution in [2.45, 2.75) is 37.9 Å². The maximum atomic E-state index is 12.3. The van der Waals surface area contributed by atoms with E-state index in [1.165, 1.54) is 28.6 Å². The highest BCUT2D eigenvalue weighted by molar-refractivity contribution is 7.99. The van der Waals surface area contributed by atoms with Gasteiger partial charge in [0.1, 0.15) is 16.9 Å². The van der Waals surface area contributed by atoms with E-state index in [0.717, 1.165) is 45.9 Å². The van der Waals surface area contributed by atoms with Crippen molar-refractivity contribution < 1.29 is 9.53 Å². The first kappa shape index (κ1) is 20.3. The van der Waals surface area contributed by atoms with Crippen molar-refractivity contribution in [3.05, 3.63) is 46.6 Å². The van der Waals surface area contributed by atoms with Crippen molar-refractivity contribution in [1.82, 2.24) is 24.9 Å². The topological polar surface area (TPSA) is 81.4 Å². The molecule has 1 amide bonds. The van der Waals surface area contributed by atoms with E-state index >= 15 is 0 Å². The van der Waals surface area contributed by atoms with Crippen molar-refractivity contribution in [3.63, 3.8) is 0 Å². The number of carbonyl (C=O) groups is 1. The number of carbonyl (C=O) groups excluding carboxylic acids is 1. The molecular formula is C22H23N5O2S2. The Morgan fingerprint density at radius 3 is 2.97 bits per heavy atom. The lowest BCUT2D eigenvalue weighted by molar-refractivity contribution is -0.118. The predicted octanol–water partition coefficient (Wildman–Crippen LogP) is 3.88. The van der Waals surface area contributed by atoms with E-state index in [1.807, 2.05) is 28.7 Å². The van der Waals surface area contributed by atoms with Gasteiger partial charge >= 0.3 is 0 Å². The average Bonchev–Trinajstić information content (AvgIpc) is 3.36. The smallest absolute Gasteiger partial charge is 0.230 e. The van der Waals surface area contributed by atoms with Gasteiger partial charge in [-0.25, -0.2) is 4.98 Å². The minimum atomic E-state index is -0.0477. The molecule has 0 saturated carbocycles. The fourth-order valence-corrected chi connectivity index (χ4v) is 6.02. The van der Waals surface area contributed by atoms with Gasteiger partial charge in [0.25, 0.3) is 0 Å². The summed E-state index contributed by atoms with van der Waals surface area (Å²) in [6.07, 6.45) is 5.16. The molecule has 1 aliphatic carbocycles. The number of hydrogen-bond acceptors (Lipinski definition) is 7. The number of nitrogens with one attached hydrogen (secondary N) is 1. The van der Waals surface area contributed by atoms with Crippen LogP contribution in [0.5, 0.6) is 5.75 Å². The summed E-state index contributed by atoms with van der Waals surface area (Å²) < 4.78 is 7.07. The number of methoxy groups -OCH3 is 1. The maximum absolute atomic E-state index is 12.3. The fraction of sp³-hybridized carbons (Fsp3) is 0.364. The predicted molar refractivity (Wildman–Crippen MR) is 123 cm³/mol. The highest BCUT2D eigenvalue weighted by atomic mass is 32.2. The molecule has 3 heterocycles. The Hall–Kier alpha value is -2.65. The number of thiophene rings is 1. The van der Waals surface area contributed by atoms with Crippen molar-refractivity contribution in [1.29, 1.82) is 0 Å². The van der Waals surface area contributed by atoms with E-state index in [2.05, 4.69) is 27.4 Å². The third-order valence-electron chi connectivity index (χ3n) is 5.65. The van der Waals surface area contributed by atoms with Crippen LogP contribution in [-0.4, -0.2) is 38.4 Å². The van der Waals surface area contributed by atoms with Gasteiger partial charge in [-0.05, 0) is 48.4 Å². The first-order valence-electron chi connectivity index (χ1n) is 10.3. The molecule has 1 atom stereocenters. The molecule has 7 nitrogen and oxygen atoms in total. The van der Waals surface area contributed by atoms with Crippen LogP contribution in [0.4, 0.5) is 0 Å². The third kappa shape index (κ3) is 3.99. The number of fused-ring (bicyclic) bond motifs is 5. The van der Waals surface area contributed by atoms with Gasteiger partial charge in [0.15, 0.2) is 10.8 Å². The fourth-order valence-electron chi connectivity index (χ4n) is 3.94. The molecule has 0 fully saturated rings. The van der Waals surface area contributed by atoms with E-state index < -0.39 is 0 Å². The second kappa shape index (κ2) is 8.47. The Labute approximate surface area is 188 Å². The standard InChI is InChI=1S/C22H23N5O2S2/c1-13-3-8-16-17(9-13)31-21-19(16)20-25-26-22(27(20)12-24-21)30-11-18(28)23-10-14-4-6-15(29-2)7-5-14/h4-7,12-13H,3,8-11H2,1-2H3,(H,23,28)/t13-/m1/s1. The van der Waals surface area contributed by atoms with E-state index in [1.54, 1.807) is 24.8 Å². The Bertz CT molecular complexity index is 1250. The third-order valence-corrected chi connectivity index (χ3v) is 7.76. The number of amides is 1. The van der Waals surface area contributed by atoms with Crippen LogP contribution in [0.1, 0.15) is 29.3 Å². The summed E-state index contributed by atoms with van der Waals surface area (Å²) in [7, 11) is 1.64. The molecule has 31 heavy (non-hydrogen) atoms. The summed E-state index contributed by atoms with van der Waals surface area (Å²) in [6, 6.07) is 7.65. The molecule has 1 N–H and O–H groups in total. The molecule has 0 aliphatic heterocycles. The number of rotatable bonds is 6. The van der Waals surface area contributed by atoms with Crippen LogP contribution in [-0.2, 0) is 24.2 Å². The summed E-state index contributed by atoms with van der Waals surface area (Å²) >= 11 is 3.16. The minimum Gasteiger partial charge on any atom is -0.497 e.